The molecule has 0 spiro atoms. The van der Waals surface area contributed by atoms with Crippen molar-refractivity contribution in [3.8, 4) is 0 Å². The van der Waals surface area contributed by atoms with Crippen molar-refractivity contribution < 1.29 is 9.31 Å². The third-order valence-electron chi connectivity index (χ3n) is 5.42. The number of halogens is 1. The number of anilines is 1. The number of imidazole rings is 1. The number of non-ortho nitro benzene ring substituents is 1. The molecular weight excluding hydrogens is 371 g/mol. The highest BCUT2D eigenvalue weighted by molar-refractivity contribution is 5.79. The van der Waals surface area contributed by atoms with Gasteiger partial charge < -0.3 is 9.88 Å². The van der Waals surface area contributed by atoms with Gasteiger partial charge in [-0.3, -0.25) is 10.1 Å². The first-order valence-corrected chi connectivity index (χ1v) is 9.34. The molecule has 3 aromatic carbocycles. The average molecular weight is 388 g/mol. The van der Waals surface area contributed by atoms with Crippen molar-refractivity contribution in [3.05, 3.63) is 99.9 Å². The normalized spacial score (nSPS) is 18.2. The van der Waals surface area contributed by atoms with Crippen LogP contribution >= 0.6 is 0 Å². The monoisotopic (exact) mass is 388 g/mol. The van der Waals surface area contributed by atoms with Crippen LogP contribution in [0.5, 0.6) is 0 Å². The Morgan fingerprint density at radius 3 is 2.69 bits per heavy atom. The van der Waals surface area contributed by atoms with E-state index in [9.17, 15) is 14.5 Å². The van der Waals surface area contributed by atoms with Gasteiger partial charge in [-0.1, -0.05) is 42.5 Å². The molecule has 5 rings (SSSR count). The van der Waals surface area contributed by atoms with Crippen molar-refractivity contribution in [1.82, 2.24) is 9.55 Å². The number of nitrogens with one attached hydrogen (secondary N) is 1. The third kappa shape index (κ3) is 2.91. The second kappa shape index (κ2) is 6.70. The van der Waals surface area contributed by atoms with E-state index in [-0.39, 0.29) is 23.6 Å². The summed E-state index contributed by atoms with van der Waals surface area (Å²) in [5.74, 6) is 0.350. The Bertz CT molecular complexity index is 1240. The van der Waals surface area contributed by atoms with Gasteiger partial charge in [0.25, 0.3) is 5.69 Å². The quantitative estimate of drug-likeness (QED) is 0.385. The smallest absolute Gasteiger partial charge is 0.269 e. The van der Waals surface area contributed by atoms with Crippen LogP contribution in [-0.2, 0) is 0 Å². The first kappa shape index (κ1) is 17.4. The largest absolute Gasteiger partial charge is 0.349 e. The Morgan fingerprint density at radius 1 is 1.07 bits per heavy atom. The summed E-state index contributed by atoms with van der Waals surface area (Å²) in [5.41, 5.74) is 3.12. The van der Waals surface area contributed by atoms with E-state index in [0.29, 0.717) is 17.9 Å². The number of nitro groups is 1. The van der Waals surface area contributed by atoms with Gasteiger partial charge in [-0.15, -0.1) is 0 Å². The molecule has 0 fully saturated rings. The third-order valence-corrected chi connectivity index (χ3v) is 5.42. The van der Waals surface area contributed by atoms with Gasteiger partial charge in [0.1, 0.15) is 5.82 Å². The minimum Gasteiger partial charge on any atom is -0.349 e. The highest BCUT2D eigenvalue weighted by atomic mass is 19.1. The first-order valence-electron chi connectivity index (χ1n) is 9.34. The van der Waals surface area contributed by atoms with Crippen LogP contribution in [0.2, 0.25) is 0 Å². The van der Waals surface area contributed by atoms with Crippen LogP contribution in [0.4, 0.5) is 16.0 Å². The van der Waals surface area contributed by atoms with Crippen LogP contribution in [-0.4, -0.2) is 14.5 Å². The fourth-order valence-electron chi connectivity index (χ4n) is 4.09. The number of benzene rings is 3. The molecule has 0 saturated carbocycles. The van der Waals surface area contributed by atoms with E-state index in [1.54, 1.807) is 24.3 Å². The molecule has 1 N–H and O–H groups in total. The molecule has 7 heteroatoms. The summed E-state index contributed by atoms with van der Waals surface area (Å²) < 4.78 is 16.7. The number of hydrogen-bond donors (Lipinski definition) is 1. The van der Waals surface area contributed by atoms with Gasteiger partial charge in [0, 0.05) is 17.7 Å². The lowest BCUT2D eigenvalue weighted by molar-refractivity contribution is -0.384. The SMILES string of the molecule is O=[N+]([O-])c1cccc([C@@H]2C[C@@H](c3ccccc3F)n3c(nc4ccccc43)N2)c1. The van der Waals surface area contributed by atoms with Crippen LogP contribution in [0, 0.1) is 15.9 Å². The van der Waals surface area contributed by atoms with Crippen molar-refractivity contribution >= 4 is 22.7 Å². The standard InChI is InChI=1S/C22H17FN4O2/c23-17-9-2-1-8-16(17)21-13-19(14-6-5-7-15(12-14)27(28)29)25-22-24-18-10-3-4-11-20(18)26(21)22/h1-12,19,21H,13H2,(H,24,25)/t19-,21-/m0/s1. The maximum absolute atomic E-state index is 14.7. The summed E-state index contributed by atoms with van der Waals surface area (Å²) in [7, 11) is 0. The number of fused-ring (bicyclic) bond motifs is 3. The zero-order valence-electron chi connectivity index (χ0n) is 15.3. The molecule has 144 valence electrons. The van der Waals surface area contributed by atoms with E-state index in [4.69, 9.17) is 0 Å². The second-order valence-corrected chi connectivity index (χ2v) is 7.12. The minimum atomic E-state index is -0.407. The Hall–Kier alpha value is -3.74. The summed E-state index contributed by atoms with van der Waals surface area (Å²) in [6, 6.07) is 20.5. The van der Waals surface area contributed by atoms with Gasteiger partial charge >= 0.3 is 0 Å². The van der Waals surface area contributed by atoms with Gasteiger partial charge in [-0.05, 0) is 30.2 Å². The summed E-state index contributed by atoms with van der Waals surface area (Å²) in [5, 5.41) is 14.6. The molecule has 0 bridgehead atoms. The van der Waals surface area contributed by atoms with Gasteiger partial charge in [-0.25, -0.2) is 9.37 Å². The number of nitrogens with zero attached hydrogens (tertiary/aromatic N) is 3. The van der Waals surface area contributed by atoms with Gasteiger partial charge in [0.05, 0.1) is 28.0 Å². The van der Waals surface area contributed by atoms with E-state index in [0.717, 1.165) is 16.6 Å². The molecule has 0 amide bonds. The van der Waals surface area contributed by atoms with Crippen LogP contribution in [0.15, 0.2) is 72.8 Å². The molecule has 1 aromatic heterocycles. The fourth-order valence-corrected chi connectivity index (χ4v) is 4.09. The molecule has 2 atom stereocenters. The van der Waals surface area contributed by atoms with Crippen LogP contribution in [0.3, 0.4) is 0 Å². The first-order chi connectivity index (χ1) is 14.1. The van der Waals surface area contributed by atoms with Crippen molar-refractivity contribution in [1.29, 1.82) is 0 Å². The molecule has 0 radical (unpaired) electrons. The van der Waals surface area contributed by atoms with Gasteiger partial charge in [-0.2, -0.15) is 0 Å². The topological polar surface area (TPSA) is 73.0 Å². The van der Waals surface area contributed by atoms with Crippen LogP contribution in [0.1, 0.15) is 29.6 Å². The predicted octanol–water partition coefficient (Wildman–Crippen LogP) is 5.23. The Morgan fingerprint density at radius 2 is 1.86 bits per heavy atom. The zero-order chi connectivity index (χ0) is 20.0. The van der Waals surface area contributed by atoms with Crippen molar-refractivity contribution in [2.45, 2.75) is 18.5 Å². The van der Waals surface area contributed by atoms with E-state index in [1.807, 2.05) is 41.0 Å². The lowest BCUT2D eigenvalue weighted by Crippen LogP contribution is -2.27. The number of rotatable bonds is 3. The lowest BCUT2D eigenvalue weighted by atomic mass is 9.92. The van der Waals surface area contributed by atoms with Crippen molar-refractivity contribution in [2.24, 2.45) is 0 Å². The van der Waals surface area contributed by atoms with E-state index in [2.05, 4.69) is 10.3 Å². The molecule has 0 unspecified atom stereocenters. The van der Waals surface area contributed by atoms with Gasteiger partial charge in [0.2, 0.25) is 5.95 Å². The maximum atomic E-state index is 14.7. The Balaban J connectivity index is 1.67. The molecular formula is C22H17FN4O2. The average Bonchev–Trinajstić information content (AvgIpc) is 3.12. The Labute approximate surface area is 165 Å². The van der Waals surface area contributed by atoms with Gasteiger partial charge in [0.15, 0.2) is 0 Å². The fraction of sp³-hybridized carbons (Fsp3) is 0.136. The molecule has 1 aliphatic heterocycles. The molecule has 0 saturated heterocycles. The second-order valence-electron chi connectivity index (χ2n) is 7.12. The predicted molar refractivity (Wildman–Crippen MR) is 108 cm³/mol. The molecule has 1 aliphatic rings. The number of aromatic nitrogens is 2. The molecule has 2 heterocycles. The van der Waals surface area contributed by atoms with Crippen LogP contribution in [0.25, 0.3) is 11.0 Å². The summed E-state index contributed by atoms with van der Waals surface area (Å²) in [6.45, 7) is 0. The molecule has 29 heavy (non-hydrogen) atoms. The Kier molecular flexibility index (Phi) is 4.01. The van der Waals surface area contributed by atoms with E-state index < -0.39 is 4.92 Å². The van der Waals surface area contributed by atoms with Crippen molar-refractivity contribution in [2.75, 3.05) is 5.32 Å². The number of para-hydroxylation sites is 2. The molecule has 4 aromatic rings. The number of hydrogen-bond acceptors (Lipinski definition) is 4. The van der Waals surface area contributed by atoms with Crippen LogP contribution < -0.4 is 5.32 Å². The highest BCUT2D eigenvalue weighted by Crippen LogP contribution is 2.42. The maximum Gasteiger partial charge on any atom is 0.269 e. The zero-order valence-corrected chi connectivity index (χ0v) is 15.3. The van der Waals surface area contributed by atoms with Crippen molar-refractivity contribution in [3.63, 3.8) is 0 Å². The summed E-state index contributed by atoms with van der Waals surface area (Å²) >= 11 is 0. The molecule has 0 aliphatic carbocycles. The number of nitro benzene ring substituents is 1. The molecule has 6 nitrogen and oxygen atoms in total. The lowest BCUT2D eigenvalue weighted by Gasteiger charge is -2.33. The minimum absolute atomic E-state index is 0.0332. The summed E-state index contributed by atoms with van der Waals surface area (Å²) in [4.78, 5) is 15.5. The summed E-state index contributed by atoms with van der Waals surface area (Å²) in [6.07, 6.45) is 0.537. The van der Waals surface area contributed by atoms with E-state index >= 15 is 0 Å². The van der Waals surface area contributed by atoms with E-state index in [1.165, 1.54) is 12.1 Å². The highest BCUT2D eigenvalue weighted by Gasteiger charge is 2.32.